The lowest BCUT2D eigenvalue weighted by Gasteiger charge is -1.92. The van der Waals surface area contributed by atoms with Gasteiger partial charge in [0.25, 0.3) is 0 Å². The van der Waals surface area contributed by atoms with Crippen LogP contribution in [-0.4, -0.2) is 5.84 Å². The Labute approximate surface area is 71.0 Å². The summed E-state index contributed by atoms with van der Waals surface area (Å²) in [6.07, 6.45) is 7.82. The Morgan fingerprint density at radius 3 is 3.18 bits per heavy atom. The van der Waals surface area contributed by atoms with E-state index in [0.29, 0.717) is 5.03 Å². The van der Waals surface area contributed by atoms with Crippen LogP contribution in [0.3, 0.4) is 0 Å². The Morgan fingerprint density at radius 1 is 1.82 bits per heavy atom. The first-order valence-corrected chi connectivity index (χ1v) is 3.67. The topological polar surface area (TPSA) is 24.4 Å². The smallest absolute Gasteiger partial charge is 0.109 e. The standard InChI is InChI=1S/C8H9ClN2/c1-2-7(9)6-11-8-4-3-5-10-8/h2-3,5-6H,1,4H2,(H,10,11)/b7-6+. The van der Waals surface area contributed by atoms with Crippen LogP contribution in [0.1, 0.15) is 6.42 Å². The van der Waals surface area contributed by atoms with Crippen molar-refractivity contribution < 1.29 is 0 Å². The summed E-state index contributed by atoms with van der Waals surface area (Å²) in [5.41, 5.74) is 0. The summed E-state index contributed by atoms with van der Waals surface area (Å²) in [6.45, 7) is 3.50. The lowest BCUT2D eigenvalue weighted by Crippen LogP contribution is -2.09. The van der Waals surface area contributed by atoms with Gasteiger partial charge >= 0.3 is 0 Å². The lowest BCUT2D eigenvalue weighted by molar-refractivity contribution is 1.26. The van der Waals surface area contributed by atoms with Gasteiger partial charge in [0.15, 0.2) is 0 Å². The maximum Gasteiger partial charge on any atom is 0.109 e. The minimum atomic E-state index is 0.547. The average molecular weight is 169 g/mol. The van der Waals surface area contributed by atoms with Gasteiger partial charge in [-0.25, -0.2) is 4.99 Å². The predicted molar refractivity (Wildman–Crippen MR) is 48.5 cm³/mol. The van der Waals surface area contributed by atoms with Crippen LogP contribution in [0.15, 0.2) is 41.2 Å². The monoisotopic (exact) mass is 168 g/mol. The number of allylic oxidation sites excluding steroid dienone is 2. The van der Waals surface area contributed by atoms with Crippen LogP contribution in [0.4, 0.5) is 0 Å². The number of nitrogens with zero attached hydrogens (tertiary/aromatic N) is 1. The summed E-state index contributed by atoms with van der Waals surface area (Å²) in [5.74, 6) is 0.907. The van der Waals surface area contributed by atoms with Crippen LogP contribution in [0.2, 0.25) is 0 Å². The fourth-order valence-corrected chi connectivity index (χ4v) is 0.716. The molecule has 0 bridgehead atoms. The summed E-state index contributed by atoms with van der Waals surface area (Å²) in [4.78, 5) is 4.07. The van der Waals surface area contributed by atoms with Crippen molar-refractivity contribution in [2.24, 2.45) is 4.99 Å². The summed E-state index contributed by atoms with van der Waals surface area (Å²) in [7, 11) is 0. The molecule has 1 N–H and O–H groups in total. The van der Waals surface area contributed by atoms with Crippen LogP contribution in [-0.2, 0) is 0 Å². The van der Waals surface area contributed by atoms with Gasteiger partial charge in [0.05, 0.1) is 5.03 Å². The van der Waals surface area contributed by atoms with Gasteiger partial charge in [0.2, 0.25) is 0 Å². The van der Waals surface area contributed by atoms with E-state index in [1.807, 2.05) is 12.3 Å². The molecular weight excluding hydrogens is 160 g/mol. The third kappa shape index (κ3) is 2.60. The number of hydrogen-bond donors (Lipinski definition) is 1. The van der Waals surface area contributed by atoms with Crippen LogP contribution < -0.4 is 5.32 Å². The molecule has 2 nitrogen and oxygen atoms in total. The predicted octanol–water partition coefficient (Wildman–Crippen LogP) is 2.16. The molecule has 0 amide bonds. The molecule has 3 heteroatoms. The first kappa shape index (κ1) is 8.08. The van der Waals surface area contributed by atoms with E-state index in [9.17, 15) is 0 Å². The van der Waals surface area contributed by atoms with Crippen molar-refractivity contribution >= 4 is 17.4 Å². The normalized spacial score (nSPS) is 20.5. The van der Waals surface area contributed by atoms with Gasteiger partial charge in [-0.15, -0.1) is 0 Å². The molecule has 0 saturated carbocycles. The number of amidine groups is 1. The van der Waals surface area contributed by atoms with Gasteiger partial charge < -0.3 is 5.32 Å². The zero-order valence-electron chi connectivity index (χ0n) is 6.05. The van der Waals surface area contributed by atoms with Crippen molar-refractivity contribution in [3.8, 4) is 0 Å². The van der Waals surface area contributed by atoms with Gasteiger partial charge in [-0.2, -0.15) is 0 Å². The second kappa shape index (κ2) is 3.98. The van der Waals surface area contributed by atoms with Crippen molar-refractivity contribution in [1.82, 2.24) is 5.32 Å². The van der Waals surface area contributed by atoms with E-state index in [1.165, 1.54) is 0 Å². The summed E-state index contributed by atoms with van der Waals surface area (Å²) in [6, 6.07) is 0. The zero-order chi connectivity index (χ0) is 8.10. The highest BCUT2D eigenvalue weighted by atomic mass is 35.5. The van der Waals surface area contributed by atoms with E-state index in [4.69, 9.17) is 11.6 Å². The van der Waals surface area contributed by atoms with Crippen LogP contribution in [0.5, 0.6) is 0 Å². The molecule has 0 aliphatic carbocycles. The maximum absolute atomic E-state index is 5.63. The molecule has 0 radical (unpaired) electrons. The molecule has 0 aromatic heterocycles. The quantitative estimate of drug-likeness (QED) is 0.628. The zero-order valence-corrected chi connectivity index (χ0v) is 6.80. The van der Waals surface area contributed by atoms with Gasteiger partial charge in [-0.3, -0.25) is 0 Å². The van der Waals surface area contributed by atoms with E-state index >= 15 is 0 Å². The third-order valence-corrected chi connectivity index (χ3v) is 1.47. The summed E-state index contributed by atoms with van der Waals surface area (Å²) in [5, 5.41) is 3.52. The minimum Gasteiger partial charge on any atom is -0.350 e. The summed E-state index contributed by atoms with van der Waals surface area (Å²) >= 11 is 5.63. The molecule has 58 valence electrons. The first-order chi connectivity index (χ1) is 5.33. The number of hydrogen-bond acceptors (Lipinski definition) is 1. The molecule has 0 saturated heterocycles. The fourth-order valence-electron chi connectivity index (χ4n) is 0.667. The number of nitrogens with one attached hydrogen (secondary N) is 1. The second-order valence-corrected chi connectivity index (χ2v) is 2.48. The minimum absolute atomic E-state index is 0.547. The maximum atomic E-state index is 5.63. The highest BCUT2D eigenvalue weighted by molar-refractivity contribution is 6.31. The van der Waals surface area contributed by atoms with E-state index in [0.717, 1.165) is 12.3 Å². The van der Waals surface area contributed by atoms with Crippen molar-refractivity contribution in [2.45, 2.75) is 6.42 Å². The Bertz CT molecular complexity index is 228. The third-order valence-electron chi connectivity index (χ3n) is 1.22. The Morgan fingerprint density at radius 2 is 2.64 bits per heavy atom. The van der Waals surface area contributed by atoms with E-state index < -0.39 is 0 Å². The molecule has 1 aliphatic heterocycles. The molecule has 0 fully saturated rings. The molecule has 0 aromatic rings. The number of halogens is 1. The van der Waals surface area contributed by atoms with Crippen molar-refractivity contribution in [1.29, 1.82) is 0 Å². The SMILES string of the molecule is C=C/C(Cl)=C\N=C1CC=CN1. The highest BCUT2D eigenvalue weighted by Gasteiger charge is 1.97. The van der Waals surface area contributed by atoms with Gasteiger partial charge in [0.1, 0.15) is 5.84 Å². The molecule has 0 spiro atoms. The van der Waals surface area contributed by atoms with Crippen molar-refractivity contribution in [3.63, 3.8) is 0 Å². The Hall–Kier alpha value is -1.02. The van der Waals surface area contributed by atoms with Gasteiger partial charge in [-0.1, -0.05) is 24.3 Å². The second-order valence-electron chi connectivity index (χ2n) is 2.04. The molecule has 1 rings (SSSR count). The fraction of sp³-hybridized carbons (Fsp3) is 0.125. The van der Waals surface area contributed by atoms with Crippen molar-refractivity contribution in [3.05, 3.63) is 36.2 Å². The molecular formula is C8H9ClN2. The number of rotatable bonds is 2. The lowest BCUT2D eigenvalue weighted by atomic mass is 10.4. The summed E-state index contributed by atoms with van der Waals surface area (Å²) < 4.78 is 0. The Kier molecular flexibility index (Phi) is 2.93. The van der Waals surface area contributed by atoms with E-state index in [2.05, 4.69) is 16.9 Å². The Balaban J connectivity index is 2.53. The van der Waals surface area contributed by atoms with Crippen LogP contribution in [0.25, 0.3) is 0 Å². The van der Waals surface area contributed by atoms with Crippen molar-refractivity contribution in [2.75, 3.05) is 0 Å². The van der Waals surface area contributed by atoms with E-state index in [-0.39, 0.29) is 0 Å². The molecule has 1 heterocycles. The molecule has 1 aliphatic rings. The number of aliphatic imine (C=N–C) groups is 1. The first-order valence-electron chi connectivity index (χ1n) is 3.29. The average Bonchev–Trinajstić information content (AvgIpc) is 2.52. The van der Waals surface area contributed by atoms with Gasteiger partial charge in [0, 0.05) is 12.6 Å². The van der Waals surface area contributed by atoms with Crippen LogP contribution in [0, 0.1) is 0 Å². The van der Waals surface area contributed by atoms with Gasteiger partial charge in [-0.05, 0) is 12.3 Å². The highest BCUT2D eigenvalue weighted by Crippen LogP contribution is 2.02. The molecule has 0 aromatic carbocycles. The van der Waals surface area contributed by atoms with Crippen LogP contribution >= 0.6 is 11.6 Å². The van der Waals surface area contributed by atoms with E-state index in [1.54, 1.807) is 12.3 Å². The largest absolute Gasteiger partial charge is 0.350 e. The molecule has 0 unspecified atom stereocenters. The molecule has 11 heavy (non-hydrogen) atoms. The molecule has 0 atom stereocenters.